The van der Waals surface area contributed by atoms with E-state index in [0.717, 1.165) is 22.9 Å². The summed E-state index contributed by atoms with van der Waals surface area (Å²) in [6.45, 7) is 4.53. The molecule has 2 aromatic rings. The van der Waals surface area contributed by atoms with Gasteiger partial charge in [0.25, 0.3) is 0 Å². The lowest BCUT2D eigenvalue weighted by molar-refractivity contribution is 0.307. The Balaban J connectivity index is 2.10. The van der Waals surface area contributed by atoms with Crippen molar-refractivity contribution in [3.05, 3.63) is 31.0 Å². The van der Waals surface area contributed by atoms with Crippen LogP contribution in [0.5, 0.6) is 0 Å². The van der Waals surface area contributed by atoms with Crippen molar-refractivity contribution in [3.8, 4) is 11.3 Å². The second kappa shape index (κ2) is 3.83. The number of nitrogens with two attached hydrogens (primary N) is 1. The number of aromatic nitrogens is 3. The number of imidazole rings is 1. The highest BCUT2D eigenvalue weighted by atomic mass is 15.1. The van der Waals surface area contributed by atoms with E-state index in [4.69, 9.17) is 5.73 Å². The third kappa shape index (κ3) is 1.68. The van der Waals surface area contributed by atoms with Gasteiger partial charge in [-0.15, -0.1) is 0 Å². The summed E-state index contributed by atoms with van der Waals surface area (Å²) in [6.07, 6.45) is 9.90. The summed E-state index contributed by atoms with van der Waals surface area (Å²) in [7, 11) is 0. The maximum Gasteiger partial charge on any atom is 0.0956 e. The molecule has 2 heterocycles. The summed E-state index contributed by atoms with van der Waals surface area (Å²) in [4.78, 5) is 8.46. The number of nitrogen functional groups attached to an aromatic ring is 1. The fourth-order valence-electron chi connectivity index (χ4n) is 2.56. The monoisotopic (exact) mass is 242 g/mol. The summed E-state index contributed by atoms with van der Waals surface area (Å²) in [5.41, 5.74) is 8.89. The number of pyridine rings is 1. The predicted molar refractivity (Wildman–Crippen MR) is 71.9 cm³/mol. The molecule has 0 aliphatic heterocycles. The minimum atomic E-state index is 0.0914. The molecular weight excluding hydrogens is 224 g/mol. The van der Waals surface area contributed by atoms with Gasteiger partial charge in [-0.3, -0.25) is 4.98 Å². The molecule has 94 valence electrons. The van der Waals surface area contributed by atoms with Gasteiger partial charge in [0.05, 0.1) is 18.2 Å². The fraction of sp³-hybridized carbons (Fsp3) is 0.429. The van der Waals surface area contributed by atoms with Gasteiger partial charge in [-0.1, -0.05) is 0 Å². The first-order valence-electron chi connectivity index (χ1n) is 6.33. The molecule has 2 aromatic heterocycles. The first-order chi connectivity index (χ1) is 8.60. The maximum absolute atomic E-state index is 6.03. The first kappa shape index (κ1) is 11.3. The summed E-state index contributed by atoms with van der Waals surface area (Å²) in [5.74, 6) is 0.739. The highest BCUT2D eigenvalue weighted by Crippen LogP contribution is 2.45. The van der Waals surface area contributed by atoms with Gasteiger partial charge in [0.2, 0.25) is 0 Å². The number of anilines is 1. The van der Waals surface area contributed by atoms with Crippen LogP contribution >= 0.6 is 0 Å². The third-order valence-electron chi connectivity index (χ3n) is 3.97. The molecule has 2 N–H and O–H groups in total. The van der Waals surface area contributed by atoms with E-state index in [1.54, 1.807) is 6.20 Å². The largest absolute Gasteiger partial charge is 0.398 e. The van der Waals surface area contributed by atoms with Crippen LogP contribution in [0.25, 0.3) is 11.3 Å². The van der Waals surface area contributed by atoms with Crippen LogP contribution in [0.3, 0.4) is 0 Å². The van der Waals surface area contributed by atoms with Crippen molar-refractivity contribution >= 4 is 5.69 Å². The van der Waals surface area contributed by atoms with E-state index in [2.05, 4.69) is 28.4 Å². The number of hydrogen-bond acceptors (Lipinski definition) is 3. The number of rotatable bonds is 3. The van der Waals surface area contributed by atoms with Crippen LogP contribution in [-0.4, -0.2) is 14.5 Å². The van der Waals surface area contributed by atoms with Gasteiger partial charge in [0.1, 0.15) is 0 Å². The van der Waals surface area contributed by atoms with Gasteiger partial charge >= 0.3 is 0 Å². The van der Waals surface area contributed by atoms with Crippen molar-refractivity contribution < 1.29 is 0 Å². The Morgan fingerprint density at radius 2 is 2.06 bits per heavy atom. The molecule has 0 radical (unpaired) electrons. The molecule has 0 amide bonds. The average Bonchev–Trinajstić information content (AvgIpc) is 3.09. The van der Waals surface area contributed by atoms with Crippen molar-refractivity contribution in [2.24, 2.45) is 5.92 Å². The molecule has 0 atom stereocenters. The Bertz CT molecular complexity index is 567. The highest BCUT2D eigenvalue weighted by molar-refractivity contribution is 5.72. The molecule has 0 bridgehead atoms. The molecule has 1 aliphatic rings. The van der Waals surface area contributed by atoms with Crippen molar-refractivity contribution in [2.75, 3.05) is 5.73 Å². The lowest BCUT2D eigenvalue weighted by Gasteiger charge is -2.29. The molecule has 0 saturated heterocycles. The van der Waals surface area contributed by atoms with E-state index in [1.807, 2.05) is 24.8 Å². The molecule has 4 nitrogen and oxygen atoms in total. The molecule has 18 heavy (non-hydrogen) atoms. The van der Waals surface area contributed by atoms with Crippen LogP contribution in [0.1, 0.15) is 26.7 Å². The quantitative estimate of drug-likeness (QED) is 0.900. The summed E-state index contributed by atoms with van der Waals surface area (Å²) >= 11 is 0. The fourth-order valence-corrected chi connectivity index (χ4v) is 2.56. The molecule has 0 unspecified atom stereocenters. The van der Waals surface area contributed by atoms with E-state index in [-0.39, 0.29) is 5.54 Å². The number of hydrogen-bond donors (Lipinski definition) is 1. The molecule has 3 rings (SSSR count). The van der Waals surface area contributed by atoms with Crippen LogP contribution < -0.4 is 5.73 Å². The third-order valence-corrected chi connectivity index (χ3v) is 3.97. The van der Waals surface area contributed by atoms with Crippen molar-refractivity contribution in [1.82, 2.24) is 14.5 Å². The standard InChI is InChI=1S/C14H18N4/c1-14(2,10-3-4-10)18-9-17-8-13(18)11-7-16-6-5-12(11)15/h5-10H,3-4H2,1-2H3,(H2,15,16). The zero-order valence-electron chi connectivity index (χ0n) is 10.8. The van der Waals surface area contributed by atoms with Crippen LogP contribution in [-0.2, 0) is 5.54 Å². The lowest BCUT2D eigenvalue weighted by Crippen LogP contribution is -2.28. The van der Waals surface area contributed by atoms with E-state index in [0.29, 0.717) is 0 Å². The molecule has 0 spiro atoms. The topological polar surface area (TPSA) is 56.7 Å². The van der Waals surface area contributed by atoms with E-state index in [1.165, 1.54) is 12.8 Å². The van der Waals surface area contributed by atoms with Crippen LogP contribution in [0, 0.1) is 5.92 Å². The zero-order valence-corrected chi connectivity index (χ0v) is 10.8. The number of nitrogens with zero attached hydrogens (tertiary/aromatic N) is 3. The Morgan fingerprint density at radius 3 is 2.72 bits per heavy atom. The van der Waals surface area contributed by atoms with E-state index < -0.39 is 0 Å². The van der Waals surface area contributed by atoms with E-state index >= 15 is 0 Å². The molecule has 4 heteroatoms. The normalized spacial score (nSPS) is 15.9. The van der Waals surface area contributed by atoms with Crippen LogP contribution in [0.4, 0.5) is 5.69 Å². The van der Waals surface area contributed by atoms with Gasteiger partial charge in [0.15, 0.2) is 0 Å². The summed E-state index contributed by atoms with van der Waals surface area (Å²) in [6, 6.07) is 1.83. The second-order valence-electron chi connectivity index (χ2n) is 5.54. The second-order valence-corrected chi connectivity index (χ2v) is 5.54. The average molecular weight is 242 g/mol. The Labute approximate surface area is 107 Å². The first-order valence-corrected chi connectivity index (χ1v) is 6.33. The van der Waals surface area contributed by atoms with E-state index in [9.17, 15) is 0 Å². The van der Waals surface area contributed by atoms with Gasteiger partial charge in [0, 0.05) is 29.2 Å². The van der Waals surface area contributed by atoms with Gasteiger partial charge in [-0.05, 0) is 38.7 Å². The smallest absolute Gasteiger partial charge is 0.0956 e. The summed E-state index contributed by atoms with van der Waals surface area (Å²) < 4.78 is 2.23. The maximum atomic E-state index is 6.03. The molecule has 1 fully saturated rings. The van der Waals surface area contributed by atoms with Crippen molar-refractivity contribution in [2.45, 2.75) is 32.2 Å². The molecule has 0 aromatic carbocycles. The van der Waals surface area contributed by atoms with Gasteiger partial charge < -0.3 is 10.3 Å². The Morgan fingerprint density at radius 1 is 1.28 bits per heavy atom. The Hall–Kier alpha value is -1.84. The Kier molecular flexibility index (Phi) is 2.40. The lowest BCUT2D eigenvalue weighted by atomic mass is 9.97. The summed E-state index contributed by atoms with van der Waals surface area (Å²) in [5, 5.41) is 0. The van der Waals surface area contributed by atoms with Gasteiger partial charge in [-0.2, -0.15) is 0 Å². The molecule has 1 aliphatic carbocycles. The van der Waals surface area contributed by atoms with Gasteiger partial charge in [-0.25, -0.2) is 4.98 Å². The van der Waals surface area contributed by atoms with Crippen molar-refractivity contribution in [3.63, 3.8) is 0 Å². The van der Waals surface area contributed by atoms with Crippen LogP contribution in [0.15, 0.2) is 31.0 Å². The van der Waals surface area contributed by atoms with Crippen LogP contribution in [0.2, 0.25) is 0 Å². The highest BCUT2D eigenvalue weighted by Gasteiger charge is 2.40. The zero-order chi connectivity index (χ0) is 12.8. The SMILES string of the molecule is CC(C)(C1CC1)n1cncc1-c1cnccc1N. The minimum absolute atomic E-state index is 0.0914. The van der Waals surface area contributed by atoms with Crippen molar-refractivity contribution in [1.29, 1.82) is 0 Å². The molecule has 1 saturated carbocycles. The minimum Gasteiger partial charge on any atom is -0.398 e. The predicted octanol–water partition coefficient (Wildman–Crippen LogP) is 2.67. The molecular formula is C14H18N4.